The van der Waals surface area contributed by atoms with E-state index in [0.717, 1.165) is 31.5 Å². The van der Waals surface area contributed by atoms with Crippen molar-refractivity contribution in [2.75, 3.05) is 31.6 Å². The highest BCUT2D eigenvalue weighted by Gasteiger charge is 2.40. The molecule has 5 heteroatoms. The van der Waals surface area contributed by atoms with Crippen LogP contribution in [0, 0.1) is 11.8 Å². The Hall–Kier alpha value is -0.130. The van der Waals surface area contributed by atoms with Gasteiger partial charge in [0.25, 0.3) is 0 Å². The van der Waals surface area contributed by atoms with E-state index in [1.54, 1.807) is 0 Å². The van der Waals surface area contributed by atoms with Gasteiger partial charge < -0.3 is 5.32 Å². The summed E-state index contributed by atoms with van der Waals surface area (Å²) >= 11 is 0. The van der Waals surface area contributed by atoms with Crippen molar-refractivity contribution in [2.24, 2.45) is 11.8 Å². The van der Waals surface area contributed by atoms with Gasteiger partial charge in [-0.05, 0) is 37.5 Å². The van der Waals surface area contributed by atoms with Crippen LogP contribution in [0.5, 0.6) is 0 Å². The molecule has 2 atom stereocenters. The lowest BCUT2D eigenvalue weighted by Crippen LogP contribution is -2.60. The average molecular weight is 314 g/mol. The minimum atomic E-state index is -2.86. The molecule has 2 aliphatic carbocycles. The van der Waals surface area contributed by atoms with E-state index in [9.17, 15) is 8.42 Å². The van der Waals surface area contributed by atoms with Crippen LogP contribution in [-0.2, 0) is 9.84 Å². The van der Waals surface area contributed by atoms with Crippen LogP contribution in [0.1, 0.15) is 44.9 Å². The second-order valence-electron chi connectivity index (χ2n) is 7.44. The molecule has 1 saturated heterocycles. The smallest absolute Gasteiger partial charge is 0.148 e. The summed E-state index contributed by atoms with van der Waals surface area (Å²) in [5.41, 5.74) is 0. The molecule has 0 spiro atoms. The highest BCUT2D eigenvalue weighted by Crippen LogP contribution is 2.37. The Morgan fingerprint density at radius 3 is 2.38 bits per heavy atom. The minimum Gasteiger partial charge on any atom is -0.311 e. The Kier molecular flexibility index (Phi) is 4.91. The van der Waals surface area contributed by atoms with Gasteiger partial charge in [0.2, 0.25) is 0 Å². The van der Waals surface area contributed by atoms with Gasteiger partial charge in [0.15, 0.2) is 0 Å². The van der Waals surface area contributed by atoms with Gasteiger partial charge in [-0.3, -0.25) is 4.90 Å². The third-order valence-corrected chi connectivity index (χ3v) is 6.55. The van der Waals surface area contributed by atoms with Crippen LogP contribution in [0.3, 0.4) is 0 Å². The molecule has 0 bridgehead atoms. The second kappa shape index (κ2) is 6.55. The van der Waals surface area contributed by atoms with E-state index in [1.165, 1.54) is 51.2 Å². The summed E-state index contributed by atoms with van der Waals surface area (Å²) in [7, 11) is -2.86. The van der Waals surface area contributed by atoms with Gasteiger partial charge >= 0.3 is 0 Å². The predicted molar refractivity (Wildman–Crippen MR) is 86.2 cm³/mol. The fourth-order valence-corrected chi connectivity index (χ4v) is 4.76. The molecule has 2 saturated carbocycles. The summed E-state index contributed by atoms with van der Waals surface area (Å²) in [6.07, 6.45) is 10.9. The normalized spacial score (nSPS) is 33.2. The van der Waals surface area contributed by atoms with Crippen LogP contribution < -0.4 is 5.32 Å². The van der Waals surface area contributed by atoms with Crippen LogP contribution in [-0.4, -0.2) is 57.0 Å². The lowest BCUT2D eigenvalue weighted by atomic mass is 9.82. The fraction of sp³-hybridized carbons (Fsp3) is 1.00. The van der Waals surface area contributed by atoms with Crippen molar-refractivity contribution in [1.82, 2.24) is 10.2 Å². The first kappa shape index (κ1) is 15.8. The molecule has 21 heavy (non-hydrogen) atoms. The first-order valence-corrected chi connectivity index (χ1v) is 10.7. The molecular weight excluding hydrogens is 284 g/mol. The molecule has 3 aliphatic rings. The predicted octanol–water partition coefficient (Wildman–Crippen LogP) is 1.66. The van der Waals surface area contributed by atoms with Gasteiger partial charge in [-0.25, -0.2) is 8.42 Å². The summed E-state index contributed by atoms with van der Waals surface area (Å²) < 4.78 is 23.0. The van der Waals surface area contributed by atoms with Crippen LogP contribution >= 0.6 is 0 Å². The van der Waals surface area contributed by atoms with E-state index in [0.29, 0.717) is 17.8 Å². The Morgan fingerprint density at radius 2 is 1.76 bits per heavy atom. The highest BCUT2D eigenvalue weighted by atomic mass is 32.2. The largest absolute Gasteiger partial charge is 0.311 e. The van der Waals surface area contributed by atoms with Gasteiger partial charge in [-0.2, -0.15) is 0 Å². The number of nitrogens with one attached hydrogen (secondary N) is 1. The first-order valence-electron chi connectivity index (χ1n) is 8.68. The maximum atomic E-state index is 11.5. The Bertz CT molecular complexity index is 441. The Labute approximate surface area is 129 Å². The van der Waals surface area contributed by atoms with Crippen molar-refractivity contribution in [3.05, 3.63) is 0 Å². The standard InChI is InChI=1S/C16H30N2O2S/c1-21(19,20)10-9-18-12-15(13-5-3-2-4-6-13)17-11-16(18)14-7-8-14/h13-17H,2-12H2,1H3. The topological polar surface area (TPSA) is 49.4 Å². The van der Waals surface area contributed by atoms with Crippen molar-refractivity contribution in [1.29, 1.82) is 0 Å². The first-order chi connectivity index (χ1) is 10.0. The van der Waals surface area contributed by atoms with E-state index in [-0.39, 0.29) is 0 Å². The molecule has 122 valence electrons. The zero-order chi connectivity index (χ0) is 14.9. The molecule has 0 amide bonds. The third-order valence-electron chi connectivity index (χ3n) is 5.62. The molecule has 0 aromatic rings. The number of nitrogens with zero attached hydrogens (tertiary/aromatic N) is 1. The molecule has 3 fully saturated rings. The van der Waals surface area contributed by atoms with Crippen LogP contribution in [0.2, 0.25) is 0 Å². The van der Waals surface area contributed by atoms with Crippen LogP contribution in [0.25, 0.3) is 0 Å². The van der Waals surface area contributed by atoms with Crippen LogP contribution in [0.4, 0.5) is 0 Å². The lowest BCUT2D eigenvalue weighted by molar-refractivity contribution is 0.0902. The maximum Gasteiger partial charge on any atom is 0.148 e. The summed E-state index contributed by atoms with van der Waals surface area (Å²) in [6, 6.07) is 1.16. The fourth-order valence-electron chi connectivity index (χ4n) is 4.19. The third kappa shape index (κ3) is 4.42. The number of sulfone groups is 1. The molecule has 1 N–H and O–H groups in total. The Morgan fingerprint density at radius 1 is 1.05 bits per heavy atom. The van der Waals surface area contributed by atoms with Crippen molar-refractivity contribution in [3.63, 3.8) is 0 Å². The summed E-state index contributed by atoms with van der Waals surface area (Å²) in [6.45, 7) is 2.85. The Balaban J connectivity index is 1.60. The zero-order valence-corrected chi connectivity index (χ0v) is 14.1. The van der Waals surface area contributed by atoms with Crippen molar-refractivity contribution < 1.29 is 8.42 Å². The van der Waals surface area contributed by atoms with Crippen LogP contribution in [0.15, 0.2) is 0 Å². The molecule has 0 radical (unpaired) electrons. The number of hydrogen-bond acceptors (Lipinski definition) is 4. The molecular formula is C16H30N2O2S. The van der Waals surface area contributed by atoms with Gasteiger partial charge in [-0.1, -0.05) is 19.3 Å². The number of hydrogen-bond donors (Lipinski definition) is 1. The maximum absolute atomic E-state index is 11.5. The van der Waals surface area contributed by atoms with Gasteiger partial charge in [0.1, 0.15) is 9.84 Å². The number of rotatable bonds is 5. The van der Waals surface area contributed by atoms with Gasteiger partial charge in [0.05, 0.1) is 5.75 Å². The SMILES string of the molecule is CS(=O)(=O)CCN1CC(C2CCCCC2)NCC1C1CC1. The number of piperazine rings is 1. The minimum absolute atomic E-state index is 0.313. The second-order valence-corrected chi connectivity index (χ2v) is 9.70. The summed E-state index contributed by atoms with van der Waals surface area (Å²) in [5.74, 6) is 1.93. The zero-order valence-electron chi connectivity index (χ0n) is 13.3. The molecule has 0 aromatic carbocycles. The van der Waals surface area contributed by atoms with Crippen molar-refractivity contribution in [3.8, 4) is 0 Å². The van der Waals surface area contributed by atoms with E-state index >= 15 is 0 Å². The summed E-state index contributed by atoms with van der Waals surface area (Å²) in [4.78, 5) is 2.49. The van der Waals surface area contributed by atoms with Gasteiger partial charge in [-0.15, -0.1) is 0 Å². The monoisotopic (exact) mass is 314 g/mol. The van der Waals surface area contributed by atoms with Gasteiger partial charge in [0, 0.05) is 38.0 Å². The molecule has 1 heterocycles. The highest BCUT2D eigenvalue weighted by molar-refractivity contribution is 7.90. The average Bonchev–Trinajstić information content (AvgIpc) is 3.29. The summed E-state index contributed by atoms with van der Waals surface area (Å²) in [5, 5.41) is 3.80. The lowest BCUT2D eigenvalue weighted by Gasteiger charge is -2.44. The van der Waals surface area contributed by atoms with E-state index in [2.05, 4.69) is 10.2 Å². The quantitative estimate of drug-likeness (QED) is 0.838. The molecule has 4 nitrogen and oxygen atoms in total. The van der Waals surface area contributed by atoms with Crippen molar-refractivity contribution >= 4 is 9.84 Å². The molecule has 3 rings (SSSR count). The van der Waals surface area contributed by atoms with E-state index < -0.39 is 9.84 Å². The van der Waals surface area contributed by atoms with Crippen molar-refractivity contribution in [2.45, 2.75) is 57.0 Å². The van der Waals surface area contributed by atoms with E-state index in [1.807, 2.05) is 0 Å². The molecule has 0 aromatic heterocycles. The van der Waals surface area contributed by atoms with E-state index in [4.69, 9.17) is 0 Å². The molecule has 1 aliphatic heterocycles. The molecule has 2 unspecified atom stereocenters.